The lowest BCUT2D eigenvalue weighted by Gasteiger charge is -2.14. The highest BCUT2D eigenvalue weighted by molar-refractivity contribution is 8.00. The number of carbonyl (C=O) groups excluding carboxylic acids is 2. The molecule has 0 fully saturated rings. The van der Waals surface area contributed by atoms with Crippen LogP contribution < -0.4 is 16.2 Å². The number of para-hydroxylation sites is 1. The summed E-state index contributed by atoms with van der Waals surface area (Å²) < 4.78 is 0. The number of aryl methyl sites for hydroxylation is 3. The lowest BCUT2D eigenvalue weighted by atomic mass is 10.1. The van der Waals surface area contributed by atoms with Crippen molar-refractivity contribution in [2.45, 2.75) is 50.9 Å². The van der Waals surface area contributed by atoms with E-state index in [9.17, 15) is 14.4 Å². The number of aromatic nitrogens is 2. The van der Waals surface area contributed by atoms with Crippen LogP contribution in [0.3, 0.4) is 0 Å². The zero-order chi connectivity index (χ0) is 20.7. The second kappa shape index (κ2) is 10.1. The second-order valence-corrected chi connectivity index (χ2v) is 7.91. The summed E-state index contributed by atoms with van der Waals surface area (Å²) in [6.45, 7) is 7.42. The Morgan fingerprint density at radius 2 is 1.93 bits per heavy atom. The third-order valence-electron chi connectivity index (χ3n) is 4.11. The van der Waals surface area contributed by atoms with Crippen LogP contribution in [0.15, 0.2) is 34.2 Å². The Bertz CT molecular complexity index is 890. The van der Waals surface area contributed by atoms with E-state index in [0.717, 1.165) is 35.0 Å². The first kappa shape index (κ1) is 21.7. The van der Waals surface area contributed by atoms with E-state index in [1.54, 1.807) is 6.92 Å². The van der Waals surface area contributed by atoms with Crippen LogP contribution in [0.5, 0.6) is 0 Å². The number of benzene rings is 1. The first-order valence-corrected chi connectivity index (χ1v) is 10.1. The summed E-state index contributed by atoms with van der Waals surface area (Å²) in [7, 11) is 0. The number of thioether (sulfide) groups is 1. The molecule has 1 aromatic carbocycles. The molecule has 0 saturated heterocycles. The van der Waals surface area contributed by atoms with Crippen molar-refractivity contribution in [2.75, 3.05) is 11.9 Å². The highest BCUT2D eigenvalue weighted by atomic mass is 32.2. The van der Waals surface area contributed by atoms with E-state index < -0.39 is 5.25 Å². The number of rotatable bonds is 8. The number of H-pyrrole nitrogens is 1. The maximum Gasteiger partial charge on any atom is 0.251 e. The van der Waals surface area contributed by atoms with Gasteiger partial charge < -0.3 is 15.6 Å². The Kier molecular flexibility index (Phi) is 7.80. The molecule has 2 amide bonds. The average molecular weight is 403 g/mol. The fourth-order valence-electron chi connectivity index (χ4n) is 2.65. The normalized spacial score (nSPS) is 11.7. The Labute approximate surface area is 168 Å². The minimum Gasteiger partial charge on any atom is -0.346 e. The quantitative estimate of drug-likeness (QED) is 0.465. The molecule has 0 aliphatic carbocycles. The summed E-state index contributed by atoms with van der Waals surface area (Å²) in [6.07, 6.45) is 1.59. The topological polar surface area (TPSA) is 104 Å². The van der Waals surface area contributed by atoms with Crippen LogP contribution in [0.4, 0.5) is 5.69 Å². The molecule has 0 aliphatic rings. The number of nitrogens with zero attached hydrogens (tertiary/aromatic N) is 1. The fraction of sp³-hybridized carbons (Fsp3) is 0.400. The molecule has 8 heteroatoms. The van der Waals surface area contributed by atoms with E-state index in [1.807, 2.05) is 39.0 Å². The van der Waals surface area contributed by atoms with Crippen molar-refractivity contribution in [2.24, 2.45) is 0 Å². The van der Waals surface area contributed by atoms with Crippen LogP contribution in [-0.2, 0) is 16.0 Å². The van der Waals surface area contributed by atoms with Gasteiger partial charge in [-0.2, -0.15) is 0 Å². The number of carbonyl (C=O) groups is 2. The van der Waals surface area contributed by atoms with Crippen molar-refractivity contribution in [3.05, 3.63) is 51.4 Å². The van der Waals surface area contributed by atoms with Crippen molar-refractivity contribution >= 4 is 29.3 Å². The molecular formula is C20H26N4O3S. The summed E-state index contributed by atoms with van der Waals surface area (Å²) >= 11 is 1.16. The van der Waals surface area contributed by atoms with E-state index in [4.69, 9.17) is 0 Å². The van der Waals surface area contributed by atoms with Gasteiger partial charge in [-0.3, -0.25) is 14.4 Å². The van der Waals surface area contributed by atoms with Gasteiger partial charge in [0.05, 0.1) is 11.8 Å². The molecule has 0 bridgehead atoms. The summed E-state index contributed by atoms with van der Waals surface area (Å²) in [5.41, 5.74) is 3.16. The molecule has 0 aliphatic heterocycles. The lowest BCUT2D eigenvalue weighted by Crippen LogP contribution is -2.37. The van der Waals surface area contributed by atoms with Crippen LogP contribution in [0.1, 0.15) is 37.1 Å². The largest absolute Gasteiger partial charge is 0.346 e. The van der Waals surface area contributed by atoms with Gasteiger partial charge in [0, 0.05) is 17.4 Å². The average Bonchev–Trinajstić information content (AvgIpc) is 2.62. The van der Waals surface area contributed by atoms with E-state index in [1.165, 1.54) is 6.07 Å². The zero-order valence-corrected chi connectivity index (χ0v) is 17.4. The number of anilines is 1. The monoisotopic (exact) mass is 402 g/mol. The molecule has 3 N–H and O–H groups in total. The van der Waals surface area contributed by atoms with E-state index in [2.05, 4.69) is 20.6 Å². The maximum atomic E-state index is 12.3. The Hall–Kier alpha value is -2.61. The van der Waals surface area contributed by atoms with Gasteiger partial charge in [0.2, 0.25) is 11.8 Å². The molecule has 2 rings (SSSR count). The number of amides is 2. The molecule has 150 valence electrons. The Balaban J connectivity index is 1.90. The Morgan fingerprint density at radius 1 is 1.25 bits per heavy atom. The molecule has 1 aromatic heterocycles. The lowest BCUT2D eigenvalue weighted by molar-refractivity contribution is -0.123. The molecule has 1 unspecified atom stereocenters. The van der Waals surface area contributed by atoms with Gasteiger partial charge in [-0.15, -0.1) is 0 Å². The number of nitrogens with one attached hydrogen (secondary N) is 3. The molecule has 0 saturated carbocycles. The molecule has 0 spiro atoms. The second-order valence-electron chi connectivity index (χ2n) is 6.58. The van der Waals surface area contributed by atoms with Crippen molar-refractivity contribution < 1.29 is 9.59 Å². The van der Waals surface area contributed by atoms with Crippen LogP contribution in [-0.4, -0.2) is 33.6 Å². The summed E-state index contributed by atoms with van der Waals surface area (Å²) in [4.78, 5) is 43.2. The highest BCUT2D eigenvalue weighted by Crippen LogP contribution is 2.20. The minimum atomic E-state index is -0.506. The predicted molar refractivity (Wildman–Crippen MR) is 112 cm³/mol. The van der Waals surface area contributed by atoms with Gasteiger partial charge in [0.1, 0.15) is 0 Å². The third-order valence-corrected chi connectivity index (χ3v) is 5.09. The van der Waals surface area contributed by atoms with Crippen LogP contribution in [0.2, 0.25) is 0 Å². The highest BCUT2D eigenvalue weighted by Gasteiger charge is 2.17. The SMILES string of the molecule is CCCc1cc(=O)[nH]c(SC(C)C(=O)NCC(=O)Nc2c(C)cccc2C)n1. The number of hydrogen-bond acceptors (Lipinski definition) is 5. The van der Waals surface area contributed by atoms with Gasteiger partial charge >= 0.3 is 0 Å². The number of hydrogen-bond donors (Lipinski definition) is 3. The van der Waals surface area contributed by atoms with Crippen molar-refractivity contribution in [1.82, 2.24) is 15.3 Å². The van der Waals surface area contributed by atoms with Gasteiger partial charge in [-0.1, -0.05) is 43.3 Å². The van der Waals surface area contributed by atoms with E-state index >= 15 is 0 Å². The van der Waals surface area contributed by atoms with Crippen molar-refractivity contribution in [3.63, 3.8) is 0 Å². The predicted octanol–water partition coefficient (Wildman–Crippen LogP) is 2.57. The smallest absolute Gasteiger partial charge is 0.251 e. The maximum absolute atomic E-state index is 12.3. The van der Waals surface area contributed by atoms with E-state index in [-0.39, 0.29) is 23.9 Å². The number of aromatic amines is 1. The first-order chi connectivity index (χ1) is 13.3. The summed E-state index contributed by atoms with van der Waals surface area (Å²) in [6, 6.07) is 7.23. The van der Waals surface area contributed by atoms with Crippen molar-refractivity contribution in [3.8, 4) is 0 Å². The van der Waals surface area contributed by atoms with Crippen LogP contribution in [0.25, 0.3) is 0 Å². The standard InChI is InChI=1S/C20H26N4O3S/c1-5-7-15-10-16(25)24-20(22-15)28-14(4)19(27)21-11-17(26)23-18-12(2)8-6-9-13(18)3/h6,8-10,14H,5,7,11H2,1-4H3,(H,21,27)(H,23,26)(H,22,24,25). The van der Waals surface area contributed by atoms with E-state index in [0.29, 0.717) is 17.3 Å². The molecule has 7 nitrogen and oxygen atoms in total. The molecule has 1 heterocycles. The minimum absolute atomic E-state index is 0.128. The van der Waals surface area contributed by atoms with Gasteiger partial charge in [0.15, 0.2) is 5.16 Å². The Morgan fingerprint density at radius 3 is 2.57 bits per heavy atom. The van der Waals surface area contributed by atoms with Gasteiger partial charge in [0.25, 0.3) is 5.56 Å². The molecular weight excluding hydrogens is 376 g/mol. The summed E-state index contributed by atoms with van der Waals surface area (Å²) in [5, 5.41) is 5.35. The first-order valence-electron chi connectivity index (χ1n) is 9.20. The van der Waals surface area contributed by atoms with Gasteiger partial charge in [-0.05, 0) is 38.3 Å². The van der Waals surface area contributed by atoms with Crippen LogP contribution in [0, 0.1) is 13.8 Å². The summed E-state index contributed by atoms with van der Waals surface area (Å²) in [5.74, 6) is -0.593. The molecule has 0 radical (unpaired) electrons. The van der Waals surface area contributed by atoms with Gasteiger partial charge in [-0.25, -0.2) is 4.98 Å². The fourth-order valence-corrected chi connectivity index (χ4v) is 3.51. The molecule has 1 atom stereocenters. The molecule has 28 heavy (non-hydrogen) atoms. The van der Waals surface area contributed by atoms with Crippen LogP contribution >= 0.6 is 11.8 Å². The van der Waals surface area contributed by atoms with Crippen molar-refractivity contribution in [1.29, 1.82) is 0 Å². The molecule has 2 aromatic rings. The third kappa shape index (κ3) is 6.23. The zero-order valence-electron chi connectivity index (χ0n) is 16.6.